The number of para-hydroxylation sites is 1. The van der Waals surface area contributed by atoms with Crippen LogP contribution in [0.25, 0.3) is 0 Å². The summed E-state index contributed by atoms with van der Waals surface area (Å²) in [5.74, 6) is 0.143. The van der Waals surface area contributed by atoms with Gasteiger partial charge in [-0.2, -0.15) is 0 Å². The van der Waals surface area contributed by atoms with E-state index in [4.69, 9.17) is 5.73 Å². The zero-order valence-electron chi connectivity index (χ0n) is 8.59. The van der Waals surface area contributed by atoms with Crippen LogP contribution in [0.5, 0.6) is 0 Å². The maximum atomic E-state index is 10.4. The number of nitrogens with zero attached hydrogens (tertiary/aromatic N) is 5. The lowest BCUT2D eigenvalue weighted by atomic mass is 10.3. The van der Waals surface area contributed by atoms with Gasteiger partial charge in [0, 0.05) is 10.9 Å². The number of rotatable bonds is 3. The van der Waals surface area contributed by atoms with Crippen LogP contribution in [-0.2, 0) is 0 Å². The summed E-state index contributed by atoms with van der Waals surface area (Å²) in [6.45, 7) is 0. The lowest BCUT2D eigenvalue weighted by Gasteiger charge is -1.94. The molecule has 0 bridgehead atoms. The van der Waals surface area contributed by atoms with Crippen molar-refractivity contribution in [1.29, 1.82) is 0 Å². The fourth-order valence-electron chi connectivity index (χ4n) is 1.13. The third-order valence-electron chi connectivity index (χ3n) is 1.93. The Morgan fingerprint density at radius 1 is 1.29 bits per heavy atom. The quantitative estimate of drug-likeness (QED) is 0.377. The summed E-state index contributed by atoms with van der Waals surface area (Å²) in [6, 6.07) is 8.29. The van der Waals surface area contributed by atoms with E-state index in [1.165, 1.54) is 12.3 Å². The highest BCUT2D eigenvalue weighted by Crippen LogP contribution is 2.22. The molecule has 2 aromatic rings. The summed E-state index contributed by atoms with van der Waals surface area (Å²) >= 11 is 0. The van der Waals surface area contributed by atoms with Crippen LogP contribution in [0, 0.1) is 10.1 Å². The molecular weight excluding hydrogens is 224 g/mol. The molecule has 0 spiro atoms. The van der Waals surface area contributed by atoms with E-state index in [9.17, 15) is 10.1 Å². The van der Waals surface area contributed by atoms with Gasteiger partial charge in [0.15, 0.2) is 0 Å². The van der Waals surface area contributed by atoms with Crippen LogP contribution in [0.15, 0.2) is 46.8 Å². The molecule has 0 saturated heterocycles. The summed E-state index contributed by atoms with van der Waals surface area (Å²) in [5.41, 5.74) is 6.62. The predicted molar refractivity (Wildman–Crippen MR) is 59.6 cm³/mol. The number of aromatic nitrogens is 2. The number of nitrogens with two attached hydrogens (primary N) is 1. The van der Waals surface area contributed by atoms with E-state index < -0.39 is 5.03 Å². The summed E-state index contributed by atoms with van der Waals surface area (Å²) < 4.78 is 0. The smallest absolute Gasteiger partial charge is 0.312 e. The van der Waals surface area contributed by atoms with Crippen molar-refractivity contribution in [2.45, 2.75) is 0 Å². The second-order valence-corrected chi connectivity index (χ2v) is 3.09. The Morgan fingerprint density at radius 2 is 2.06 bits per heavy atom. The Labute approximate surface area is 95.5 Å². The van der Waals surface area contributed by atoms with E-state index in [1.54, 1.807) is 24.3 Å². The first-order valence-corrected chi connectivity index (χ1v) is 4.63. The number of nitrogen functional groups attached to an aromatic ring is 1. The van der Waals surface area contributed by atoms with Crippen molar-refractivity contribution in [2.24, 2.45) is 10.2 Å². The van der Waals surface area contributed by atoms with Gasteiger partial charge in [-0.25, -0.2) is 0 Å². The van der Waals surface area contributed by atoms with E-state index in [0.29, 0.717) is 16.2 Å². The Morgan fingerprint density at radius 3 is 2.71 bits per heavy atom. The zero-order valence-corrected chi connectivity index (χ0v) is 8.59. The van der Waals surface area contributed by atoms with Crippen LogP contribution in [0.3, 0.4) is 0 Å². The van der Waals surface area contributed by atoms with Crippen LogP contribution >= 0.6 is 0 Å². The van der Waals surface area contributed by atoms with Crippen LogP contribution in [-0.4, -0.2) is 14.9 Å². The number of anilines is 1. The third kappa shape index (κ3) is 2.43. The second kappa shape index (κ2) is 4.39. The molecule has 8 heteroatoms. The minimum atomic E-state index is -0.671. The fourth-order valence-corrected chi connectivity index (χ4v) is 1.13. The molecule has 0 radical (unpaired) electrons. The number of hydrogen-bond donors (Lipinski definition) is 1. The maximum Gasteiger partial charge on any atom is 0.312 e. The van der Waals surface area contributed by atoms with E-state index in [-0.39, 0.29) is 5.82 Å². The second-order valence-electron chi connectivity index (χ2n) is 3.09. The largest absolute Gasteiger partial charge is 0.397 e. The molecule has 0 saturated carbocycles. The first-order valence-electron chi connectivity index (χ1n) is 4.63. The minimum absolute atomic E-state index is 0.143. The Hall–Kier alpha value is -2.77. The molecule has 0 aliphatic heterocycles. The van der Waals surface area contributed by atoms with Crippen LogP contribution < -0.4 is 5.73 Å². The molecule has 1 aromatic heterocycles. The van der Waals surface area contributed by atoms with Crippen LogP contribution in [0.4, 0.5) is 17.2 Å². The van der Waals surface area contributed by atoms with Crippen LogP contribution in [0.2, 0.25) is 0 Å². The molecule has 0 amide bonds. The molecule has 1 aromatic carbocycles. The summed E-state index contributed by atoms with van der Waals surface area (Å²) in [6.07, 6.45) is 1.18. The molecule has 0 aliphatic rings. The van der Waals surface area contributed by atoms with Gasteiger partial charge in [-0.05, 0) is 12.1 Å². The third-order valence-corrected chi connectivity index (χ3v) is 1.93. The average molecular weight is 232 g/mol. The lowest BCUT2D eigenvalue weighted by molar-refractivity contribution is -0.552. The molecule has 0 atom stereocenters. The molecule has 1 heterocycles. The lowest BCUT2D eigenvalue weighted by Crippen LogP contribution is -2.07. The number of nitro groups is 1. The van der Waals surface area contributed by atoms with Gasteiger partial charge in [-0.15, -0.1) is 10.2 Å². The average Bonchev–Trinajstić information content (AvgIpc) is 2.77. The van der Waals surface area contributed by atoms with Crippen molar-refractivity contribution in [3.8, 4) is 0 Å². The van der Waals surface area contributed by atoms with Crippen molar-refractivity contribution in [1.82, 2.24) is 9.89 Å². The van der Waals surface area contributed by atoms with Gasteiger partial charge in [-0.1, -0.05) is 12.1 Å². The van der Waals surface area contributed by atoms with Crippen molar-refractivity contribution < 1.29 is 5.03 Å². The van der Waals surface area contributed by atoms with Crippen molar-refractivity contribution in [3.63, 3.8) is 0 Å². The SMILES string of the molecule is Nc1ccccc1N=Nc1ccn([N+](=O)[O-])n1. The van der Waals surface area contributed by atoms with Gasteiger partial charge >= 0.3 is 5.82 Å². The molecule has 86 valence electrons. The standard InChI is InChI=1S/C9H8N6O2/c10-7-3-1-2-4-8(7)11-12-9-5-6-14(13-9)15(16)17/h1-6H,10H2. The topological polar surface area (TPSA) is 112 Å². The van der Waals surface area contributed by atoms with E-state index in [1.807, 2.05) is 0 Å². The molecule has 2 rings (SSSR count). The van der Waals surface area contributed by atoms with E-state index in [0.717, 1.165) is 0 Å². The minimum Gasteiger partial charge on any atom is -0.397 e. The molecular formula is C9H8N6O2. The number of benzene rings is 1. The summed E-state index contributed by atoms with van der Waals surface area (Å²) in [5, 5.41) is 20.9. The van der Waals surface area contributed by atoms with Crippen molar-refractivity contribution in [2.75, 3.05) is 5.73 Å². The Balaban J connectivity index is 2.20. The molecule has 2 N–H and O–H groups in total. The highest BCUT2D eigenvalue weighted by atomic mass is 16.7. The normalized spacial score (nSPS) is 10.8. The predicted octanol–water partition coefficient (Wildman–Crippen LogP) is 1.92. The highest BCUT2D eigenvalue weighted by Gasteiger charge is 2.07. The summed E-state index contributed by atoms with van der Waals surface area (Å²) in [7, 11) is 0. The fraction of sp³-hybridized carbons (Fsp3) is 0. The first kappa shape index (κ1) is 10.7. The maximum absolute atomic E-state index is 10.4. The number of azo groups is 1. The molecule has 17 heavy (non-hydrogen) atoms. The molecule has 0 unspecified atom stereocenters. The van der Waals surface area contributed by atoms with Gasteiger partial charge in [-0.3, -0.25) is 0 Å². The van der Waals surface area contributed by atoms with Gasteiger partial charge in [0.1, 0.15) is 11.9 Å². The first-order chi connectivity index (χ1) is 8.16. The molecule has 0 fully saturated rings. The van der Waals surface area contributed by atoms with Gasteiger partial charge in [0.25, 0.3) is 0 Å². The highest BCUT2D eigenvalue weighted by molar-refractivity contribution is 5.61. The Kier molecular flexibility index (Phi) is 2.77. The van der Waals surface area contributed by atoms with Gasteiger partial charge in [0.05, 0.1) is 15.8 Å². The monoisotopic (exact) mass is 232 g/mol. The molecule has 8 nitrogen and oxygen atoms in total. The van der Waals surface area contributed by atoms with Crippen molar-refractivity contribution >= 4 is 17.2 Å². The van der Waals surface area contributed by atoms with Gasteiger partial charge < -0.3 is 15.8 Å². The van der Waals surface area contributed by atoms with Gasteiger partial charge in [0.2, 0.25) is 0 Å². The van der Waals surface area contributed by atoms with Crippen molar-refractivity contribution in [3.05, 3.63) is 46.6 Å². The van der Waals surface area contributed by atoms with E-state index >= 15 is 0 Å². The zero-order chi connectivity index (χ0) is 12.3. The number of hydrogen-bond acceptors (Lipinski definition) is 6. The van der Waals surface area contributed by atoms with Crippen LogP contribution in [0.1, 0.15) is 0 Å². The van der Waals surface area contributed by atoms with E-state index in [2.05, 4.69) is 15.3 Å². The summed E-state index contributed by atoms with van der Waals surface area (Å²) in [4.78, 5) is 10.9. The Bertz CT molecular complexity index is 576. The molecule has 0 aliphatic carbocycles.